The summed E-state index contributed by atoms with van der Waals surface area (Å²) < 4.78 is 37.2. The van der Waals surface area contributed by atoms with E-state index in [0.29, 0.717) is 18.8 Å². The summed E-state index contributed by atoms with van der Waals surface area (Å²) >= 11 is 0. The number of amides is 3. The van der Waals surface area contributed by atoms with Gasteiger partial charge in [0.05, 0.1) is 0 Å². The predicted octanol–water partition coefficient (Wildman–Crippen LogP) is 2.03. The topological polar surface area (TPSA) is 61.4 Å². The molecule has 0 unspecified atom stereocenters. The Kier molecular flexibility index (Phi) is 5.18. The quantitative estimate of drug-likeness (QED) is 0.832. The van der Waals surface area contributed by atoms with Gasteiger partial charge < -0.3 is 15.5 Å². The van der Waals surface area contributed by atoms with Crippen molar-refractivity contribution in [3.05, 3.63) is 0 Å². The molecule has 0 bridgehead atoms. The molecule has 2 aliphatic rings. The minimum atomic E-state index is -4.42. The summed E-state index contributed by atoms with van der Waals surface area (Å²) in [6.45, 7) is 0.725. The summed E-state index contributed by atoms with van der Waals surface area (Å²) in [5.41, 5.74) is 0. The van der Waals surface area contributed by atoms with Gasteiger partial charge in [0.25, 0.3) is 0 Å². The lowest BCUT2D eigenvalue weighted by atomic mass is 9.80. The normalized spacial score (nSPS) is 24.6. The molecule has 126 valence electrons. The summed E-state index contributed by atoms with van der Waals surface area (Å²) in [5.74, 6) is -0.204. The molecule has 2 atom stereocenters. The Bertz CT molecular complexity index is 424. The molecule has 1 aliphatic carbocycles. The average Bonchev–Trinajstić information content (AvgIpc) is 2.30. The first-order valence-electron chi connectivity index (χ1n) is 7.69. The molecule has 1 aliphatic heterocycles. The monoisotopic (exact) mass is 321 g/mol. The maximum atomic E-state index is 12.4. The number of hydrogen-bond acceptors (Lipinski definition) is 2. The van der Waals surface area contributed by atoms with Crippen LogP contribution in [-0.2, 0) is 4.79 Å². The van der Waals surface area contributed by atoms with Gasteiger partial charge in [-0.2, -0.15) is 13.2 Å². The largest absolute Gasteiger partial charge is 0.406 e. The zero-order valence-corrected chi connectivity index (χ0v) is 12.6. The van der Waals surface area contributed by atoms with Gasteiger partial charge in [-0.15, -0.1) is 0 Å². The molecule has 0 spiro atoms. The molecular weight excluding hydrogens is 299 g/mol. The zero-order chi connectivity index (χ0) is 16.3. The number of piperidine rings is 1. The van der Waals surface area contributed by atoms with Gasteiger partial charge in [-0.05, 0) is 38.5 Å². The van der Waals surface area contributed by atoms with E-state index in [1.54, 1.807) is 0 Å². The van der Waals surface area contributed by atoms with E-state index in [9.17, 15) is 22.8 Å². The zero-order valence-electron chi connectivity index (χ0n) is 12.6. The third-order valence-electron chi connectivity index (χ3n) is 4.42. The van der Waals surface area contributed by atoms with Crippen LogP contribution in [-0.4, -0.2) is 48.2 Å². The van der Waals surface area contributed by atoms with Crippen LogP contribution < -0.4 is 10.6 Å². The molecule has 1 saturated carbocycles. The van der Waals surface area contributed by atoms with E-state index < -0.39 is 30.7 Å². The number of hydrogen-bond donors (Lipinski definition) is 2. The van der Waals surface area contributed by atoms with E-state index in [-0.39, 0.29) is 12.6 Å². The minimum Gasteiger partial charge on any atom is -0.335 e. The average molecular weight is 321 g/mol. The van der Waals surface area contributed by atoms with Crippen molar-refractivity contribution in [1.29, 1.82) is 0 Å². The highest BCUT2D eigenvalue weighted by Crippen LogP contribution is 2.29. The van der Waals surface area contributed by atoms with Gasteiger partial charge in [0.2, 0.25) is 5.91 Å². The number of nitrogens with zero attached hydrogens (tertiary/aromatic N) is 1. The van der Waals surface area contributed by atoms with E-state index in [2.05, 4.69) is 10.6 Å². The van der Waals surface area contributed by atoms with Crippen LogP contribution in [0, 0.1) is 5.92 Å². The first kappa shape index (κ1) is 16.9. The Hall–Kier alpha value is -1.47. The molecular formula is C14H22F3N3O2. The third-order valence-corrected chi connectivity index (χ3v) is 4.42. The lowest BCUT2D eigenvalue weighted by Crippen LogP contribution is -2.57. The molecule has 3 amide bonds. The van der Waals surface area contributed by atoms with Crippen LogP contribution in [0.25, 0.3) is 0 Å². The fourth-order valence-electron chi connectivity index (χ4n) is 2.91. The van der Waals surface area contributed by atoms with Crippen molar-refractivity contribution in [3.63, 3.8) is 0 Å². The second-order valence-electron chi connectivity index (χ2n) is 6.17. The van der Waals surface area contributed by atoms with Crippen molar-refractivity contribution >= 4 is 11.9 Å². The Morgan fingerprint density at radius 1 is 1.32 bits per heavy atom. The van der Waals surface area contributed by atoms with E-state index in [1.165, 1.54) is 0 Å². The van der Waals surface area contributed by atoms with Crippen LogP contribution in [0.4, 0.5) is 18.0 Å². The Morgan fingerprint density at radius 3 is 2.55 bits per heavy atom. The smallest absolute Gasteiger partial charge is 0.335 e. The summed E-state index contributed by atoms with van der Waals surface area (Å²) in [6.07, 6.45) is -0.292. The van der Waals surface area contributed by atoms with Crippen LogP contribution >= 0.6 is 0 Å². The fraction of sp³-hybridized carbons (Fsp3) is 0.857. The van der Waals surface area contributed by atoms with Crippen LogP contribution in [0.1, 0.15) is 39.0 Å². The van der Waals surface area contributed by atoms with Gasteiger partial charge in [-0.25, -0.2) is 4.79 Å². The lowest BCUT2D eigenvalue weighted by Gasteiger charge is -2.34. The van der Waals surface area contributed by atoms with Gasteiger partial charge >= 0.3 is 12.2 Å². The molecule has 0 aromatic rings. The van der Waals surface area contributed by atoms with Gasteiger partial charge in [0.15, 0.2) is 0 Å². The van der Waals surface area contributed by atoms with E-state index in [4.69, 9.17) is 0 Å². The summed E-state index contributed by atoms with van der Waals surface area (Å²) in [5, 5.41) is 5.28. The molecule has 0 radical (unpaired) electrons. The van der Waals surface area contributed by atoms with Crippen LogP contribution in [0.3, 0.4) is 0 Å². The number of rotatable bonds is 4. The van der Waals surface area contributed by atoms with Crippen molar-refractivity contribution < 1.29 is 22.8 Å². The number of carbonyl (C=O) groups is 2. The Balaban J connectivity index is 1.83. The summed E-state index contributed by atoms with van der Waals surface area (Å²) in [6, 6.07) is -1.34. The molecule has 1 saturated heterocycles. The van der Waals surface area contributed by atoms with E-state index >= 15 is 0 Å². The van der Waals surface area contributed by atoms with Crippen molar-refractivity contribution in [1.82, 2.24) is 15.5 Å². The number of urea groups is 1. The van der Waals surface area contributed by atoms with Crippen molar-refractivity contribution in [2.45, 2.75) is 57.3 Å². The van der Waals surface area contributed by atoms with Gasteiger partial charge in [0.1, 0.15) is 12.6 Å². The number of likely N-dealkylation sites (tertiary alicyclic amines) is 1. The molecule has 5 nitrogen and oxygen atoms in total. The van der Waals surface area contributed by atoms with Crippen molar-refractivity contribution in [2.24, 2.45) is 5.92 Å². The molecule has 0 aromatic heterocycles. The standard InChI is InChI=1S/C14H22F3N3O2/c1-9(10-4-2-5-10)18-13(22)19-11-6-3-7-20(12(11)21)8-14(15,16)17/h9-11H,2-8H2,1H3,(H2,18,19,22)/t9-,11-/m0/s1. The minimum absolute atomic E-state index is 0.0127. The molecule has 22 heavy (non-hydrogen) atoms. The molecule has 0 aromatic carbocycles. The number of nitrogens with one attached hydrogen (secondary N) is 2. The van der Waals surface area contributed by atoms with Crippen molar-refractivity contribution in [2.75, 3.05) is 13.1 Å². The van der Waals surface area contributed by atoms with E-state index in [0.717, 1.165) is 24.2 Å². The van der Waals surface area contributed by atoms with E-state index in [1.807, 2.05) is 6.92 Å². The van der Waals surface area contributed by atoms with Gasteiger partial charge in [0, 0.05) is 12.6 Å². The van der Waals surface area contributed by atoms with Crippen LogP contribution in [0.5, 0.6) is 0 Å². The molecule has 8 heteroatoms. The summed E-state index contributed by atoms with van der Waals surface area (Å²) in [4.78, 5) is 24.7. The lowest BCUT2D eigenvalue weighted by molar-refractivity contribution is -0.164. The first-order valence-corrected chi connectivity index (χ1v) is 7.69. The van der Waals surface area contributed by atoms with Gasteiger partial charge in [-0.3, -0.25) is 4.79 Å². The molecule has 2 N–H and O–H groups in total. The highest BCUT2D eigenvalue weighted by atomic mass is 19.4. The predicted molar refractivity (Wildman–Crippen MR) is 74.1 cm³/mol. The fourth-order valence-corrected chi connectivity index (χ4v) is 2.91. The summed E-state index contributed by atoms with van der Waals surface area (Å²) in [7, 11) is 0. The third kappa shape index (κ3) is 4.51. The van der Waals surface area contributed by atoms with Gasteiger partial charge in [-0.1, -0.05) is 6.42 Å². The SMILES string of the molecule is C[C@H](NC(=O)N[C@H]1CCCN(CC(F)(F)F)C1=O)C1CCC1. The molecule has 2 rings (SSSR count). The maximum Gasteiger partial charge on any atom is 0.406 e. The molecule has 2 fully saturated rings. The second-order valence-corrected chi connectivity index (χ2v) is 6.17. The number of carbonyl (C=O) groups excluding carboxylic acids is 2. The van der Waals surface area contributed by atoms with Crippen LogP contribution in [0.15, 0.2) is 0 Å². The second kappa shape index (κ2) is 6.75. The highest BCUT2D eigenvalue weighted by Gasteiger charge is 2.38. The Morgan fingerprint density at radius 2 is 2.00 bits per heavy atom. The molecule has 1 heterocycles. The maximum absolute atomic E-state index is 12.4. The number of alkyl halides is 3. The Labute approximate surface area is 127 Å². The number of halogens is 3. The van der Waals surface area contributed by atoms with Crippen LogP contribution in [0.2, 0.25) is 0 Å². The highest BCUT2D eigenvalue weighted by molar-refractivity contribution is 5.87. The first-order chi connectivity index (χ1) is 10.3. The van der Waals surface area contributed by atoms with Crippen molar-refractivity contribution in [3.8, 4) is 0 Å².